The van der Waals surface area contributed by atoms with Gasteiger partial charge in [-0.25, -0.2) is 0 Å². The molecule has 3 fully saturated rings. The molecule has 1 aromatic rings. The molecular weight excluding hydrogens is 342 g/mol. The first kappa shape index (κ1) is 18.8. The van der Waals surface area contributed by atoms with Crippen LogP contribution in [0.4, 0.5) is 0 Å². The molecule has 3 heterocycles. The van der Waals surface area contributed by atoms with Gasteiger partial charge in [0, 0.05) is 23.7 Å². The highest BCUT2D eigenvalue weighted by atomic mass is 32.2. The molecule has 5 heteroatoms. The molecule has 0 aromatic heterocycles. The number of hydrogen-bond acceptors (Lipinski definition) is 4. The Labute approximate surface area is 160 Å². The molecule has 1 amide bonds. The van der Waals surface area contributed by atoms with Gasteiger partial charge in [-0.05, 0) is 62.0 Å². The second-order valence-corrected chi connectivity index (χ2v) is 7.61. The highest BCUT2D eigenvalue weighted by Crippen LogP contribution is 2.27. The first-order valence-corrected chi connectivity index (χ1v) is 10.3. The van der Waals surface area contributed by atoms with Crippen LogP contribution in [-0.4, -0.2) is 42.7 Å². The minimum Gasteiger partial charge on any atom is -0.368 e. The maximum absolute atomic E-state index is 12.8. The van der Waals surface area contributed by atoms with Gasteiger partial charge in [-0.2, -0.15) is 0 Å². The van der Waals surface area contributed by atoms with Gasteiger partial charge in [0.25, 0.3) is 5.91 Å². The highest BCUT2D eigenvalue weighted by Gasteiger charge is 2.35. The Bertz CT molecular complexity index is 705. The number of amides is 1. The zero-order chi connectivity index (χ0) is 18.4. The van der Waals surface area contributed by atoms with Gasteiger partial charge in [-0.15, -0.1) is 11.8 Å². The average molecular weight is 370 g/mol. The van der Waals surface area contributed by atoms with E-state index in [1.807, 2.05) is 24.3 Å². The van der Waals surface area contributed by atoms with Crippen molar-refractivity contribution in [2.75, 3.05) is 25.9 Å². The molecule has 1 aromatic carbocycles. The van der Waals surface area contributed by atoms with Gasteiger partial charge >= 0.3 is 0 Å². The standard InChI is InChI=1S/C21H27N3OS/c1-3-22-14-18(9-8-17-6-4-5-7-20(17)26-2)21(25)23-19-15-24-12-10-16(19)11-13-24/h3-9,14,16,19,22H,1,10-13,15H2,2H3,(H,23,25)/b9-8-,18-14+. The topological polar surface area (TPSA) is 44.4 Å². The van der Waals surface area contributed by atoms with E-state index in [0.29, 0.717) is 11.5 Å². The molecule has 0 spiro atoms. The number of nitrogens with one attached hydrogen (secondary N) is 2. The third kappa shape index (κ3) is 4.59. The SMILES string of the molecule is C=CN/C=C(\C=C/c1ccccc1SC)C(=O)NC1CN2CCC1CC2. The first-order valence-electron chi connectivity index (χ1n) is 9.12. The van der Waals surface area contributed by atoms with Crippen LogP contribution in [0.15, 0.2) is 59.8 Å². The fourth-order valence-electron chi connectivity index (χ4n) is 3.70. The van der Waals surface area contributed by atoms with Crippen molar-refractivity contribution >= 4 is 23.7 Å². The van der Waals surface area contributed by atoms with Crippen LogP contribution in [0.3, 0.4) is 0 Å². The van der Waals surface area contributed by atoms with Gasteiger partial charge in [-0.1, -0.05) is 30.9 Å². The summed E-state index contributed by atoms with van der Waals surface area (Å²) in [5, 5.41) is 6.18. The van der Waals surface area contributed by atoms with E-state index >= 15 is 0 Å². The smallest absolute Gasteiger partial charge is 0.253 e. The number of fused-ring (bicyclic) bond motifs is 3. The third-order valence-electron chi connectivity index (χ3n) is 5.17. The van der Waals surface area contributed by atoms with Crippen molar-refractivity contribution in [1.29, 1.82) is 0 Å². The van der Waals surface area contributed by atoms with Gasteiger partial charge in [0.05, 0.1) is 5.57 Å². The maximum Gasteiger partial charge on any atom is 0.253 e. The van der Waals surface area contributed by atoms with Crippen LogP contribution in [0.25, 0.3) is 6.08 Å². The summed E-state index contributed by atoms with van der Waals surface area (Å²) in [6.07, 6.45) is 11.6. The van der Waals surface area contributed by atoms with Crippen LogP contribution in [0, 0.1) is 5.92 Å². The number of benzene rings is 1. The van der Waals surface area contributed by atoms with Crippen molar-refractivity contribution in [1.82, 2.24) is 15.5 Å². The van der Waals surface area contributed by atoms with Crippen molar-refractivity contribution in [3.8, 4) is 0 Å². The van der Waals surface area contributed by atoms with E-state index < -0.39 is 0 Å². The molecule has 1 atom stereocenters. The molecule has 3 saturated heterocycles. The zero-order valence-electron chi connectivity index (χ0n) is 15.3. The Morgan fingerprint density at radius 3 is 2.73 bits per heavy atom. The molecule has 26 heavy (non-hydrogen) atoms. The van der Waals surface area contributed by atoms with Crippen LogP contribution in [0.1, 0.15) is 18.4 Å². The normalized spacial score (nSPS) is 25.3. The summed E-state index contributed by atoms with van der Waals surface area (Å²) in [6.45, 7) is 6.97. The minimum absolute atomic E-state index is 0.0315. The van der Waals surface area contributed by atoms with E-state index in [9.17, 15) is 4.79 Å². The molecule has 3 aliphatic rings. The van der Waals surface area contributed by atoms with Crippen molar-refractivity contribution in [2.45, 2.75) is 23.8 Å². The van der Waals surface area contributed by atoms with E-state index in [2.05, 4.69) is 40.5 Å². The largest absolute Gasteiger partial charge is 0.368 e. The van der Waals surface area contributed by atoms with Crippen LogP contribution >= 0.6 is 11.8 Å². The quantitative estimate of drug-likeness (QED) is 0.440. The molecular formula is C21H27N3OS. The summed E-state index contributed by atoms with van der Waals surface area (Å²) in [5.41, 5.74) is 1.72. The number of rotatable bonds is 7. The van der Waals surface area contributed by atoms with Crippen molar-refractivity contribution in [3.05, 3.63) is 60.5 Å². The summed E-state index contributed by atoms with van der Waals surface area (Å²) in [5.74, 6) is 0.578. The lowest BCUT2D eigenvalue weighted by molar-refractivity contribution is -0.119. The molecule has 1 unspecified atom stereocenters. The molecule has 0 saturated carbocycles. The summed E-state index contributed by atoms with van der Waals surface area (Å²) in [6, 6.07) is 8.44. The molecule has 2 N–H and O–H groups in total. The molecule has 138 valence electrons. The number of hydrogen-bond donors (Lipinski definition) is 2. The minimum atomic E-state index is -0.0315. The monoisotopic (exact) mass is 369 g/mol. The number of thioether (sulfide) groups is 1. The molecule has 3 aliphatic heterocycles. The van der Waals surface area contributed by atoms with E-state index in [1.54, 1.807) is 24.2 Å². The Kier molecular flexibility index (Phi) is 6.58. The zero-order valence-corrected chi connectivity index (χ0v) is 16.1. The molecule has 4 nitrogen and oxygen atoms in total. The van der Waals surface area contributed by atoms with E-state index in [0.717, 1.165) is 12.1 Å². The fourth-order valence-corrected chi connectivity index (χ4v) is 4.29. The van der Waals surface area contributed by atoms with E-state index in [-0.39, 0.29) is 11.9 Å². The number of carbonyl (C=O) groups is 1. The van der Waals surface area contributed by atoms with Crippen LogP contribution in [0.2, 0.25) is 0 Å². The molecule has 0 radical (unpaired) electrons. The number of carbonyl (C=O) groups excluding carboxylic acids is 1. The summed E-state index contributed by atoms with van der Waals surface area (Å²) >= 11 is 1.70. The summed E-state index contributed by atoms with van der Waals surface area (Å²) in [4.78, 5) is 16.5. The average Bonchev–Trinajstić information content (AvgIpc) is 2.69. The lowest BCUT2D eigenvalue weighted by Gasteiger charge is -2.44. The third-order valence-corrected chi connectivity index (χ3v) is 5.98. The van der Waals surface area contributed by atoms with Gasteiger partial charge in [0.2, 0.25) is 0 Å². The second kappa shape index (κ2) is 9.10. The van der Waals surface area contributed by atoms with E-state index in [4.69, 9.17) is 0 Å². The lowest BCUT2D eigenvalue weighted by atomic mass is 9.84. The van der Waals surface area contributed by atoms with E-state index in [1.165, 1.54) is 30.8 Å². The van der Waals surface area contributed by atoms with Crippen LogP contribution in [-0.2, 0) is 4.79 Å². The predicted octanol–water partition coefficient (Wildman–Crippen LogP) is 3.25. The molecule has 4 rings (SSSR count). The highest BCUT2D eigenvalue weighted by molar-refractivity contribution is 7.98. The Hall–Kier alpha value is -1.98. The second-order valence-electron chi connectivity index (χ2n) is 6.76. The van der Waals surface area contributed by atoms with Crippen LogP contribution in [0.5, 0.6) is 0 Å². The number of nitrogens with zero attached hydrogens (tertiary/aromatic N) is 1. The Morgan fingerprint density at radius 2 is 2.08 bits per heavy atom. The Morgan fingerprint density at radius 1 is 1.31 bits per heavy atom. The van der Waals surface area contributed by atoms with Gasteiger partial charge in [0.1, 0.15) is 0 Å². The van der Waals surface area contributed by atoms with Gasteiger partial charge in [0.15, 0.2) is 0 Å². The predicted molar refractivity (Wildman–Crippen MR) is 110 cm³/mol. The fraction of sp³-hybridized carbons (Fsp3) is 0.381. The summed E-state index contributed by atoms with van der Waals surface area (Å²) in [7, 11) is 0. The van der Waals surface area contributed by atoms with Crippen molar-refractivity contribution in [2.24, 2.45) is 5.92 Å². The van der Waals surface area contributed by atoms with Crippen molar-refractivity contribution in [3.63, 3.8) is 0 Å². The number of piperidine rings is 3. The maximum atomic E-state index is 12.8. The van der Waals surface area contributed by atoms with Crippen LogP contribution < -0.4 is 10.6 Å². The molecule has 0 aliphatic carbocycles. The van der Waals surface area contributed by atoms with Gasteiger partial charge < -0.3 is 15.5 Å². The Balaban J connectivity index is 1.72. The lowest BCUT2D eigenvalue weighted by Crippen LogP contribution is -2.57. The van der Waals surface area contributed by atoms with Gasteiger partial charge in [-0.3, -0.25) is 4.79 Å². The molecule has 2 bridgehead atoms. The summed E-state index contributed by atoms with van der Waals surface area (Å²) < 4.78 is 0. The van der Waals surface area contributed by atoms with Crippen molar-refractivity contribution < 1.29 is 4.79 Å². The first-order chi connectivity index (χ1) is 12.7.